The van der Waals surface area contributed by atoms with Gasteiger partial charge in [-0.3, -0.25) is 9.69 Å². The minimum atomic E-state index is -0.00313. The lowest BCUT2D eigenvalue weighted by Crippen LogP contribution is -2.40. The number of carbonyl (C=O) groups is 1. The fourth-order valence-electron chi connectivity index (χ4n) is 1.88. The number of hydrogen-bond donors (Lipinski definition) is 1. The van der Waals surface area contributed by atoms with E-state index in [0.717, 1.165) is 12.2 Å². The highest BCUT2D eigenvalue weighted by atomic mass is 35.5. The van der Waals surface area contributed by atoms with Crippen molar-refractivity contribution in [2.75, 3.05) is 18.4 Å². The second kappa shape index (κ2) is 7.51. The van der Waals surface area contributed by atoms with E-state index in [4.69, 9.17) is 11.6 Å². The third kappa shape index (κ3) is 6.08. The summed E-state index contributed by atoms with van der Waals surface area (Å²) >= 11 is 5.89. The molecule has 4 heteroatoms. The molecule has 1 rings (SSSR count). The van der Waals surface area contributed by atoms with Gasteiger partial charge in [-0.1, -0.05) is 31.5 Å². The summed E-state index contributed by atoms with van der Waals surface area (Å²) in [5, 5.41) is 3.50. The molecular weight excluding hydrogens is 260 g/mol. The first-order valence-corrected chi connectivity index (χ1v) is 7.05. The molecule has 0 aliphatic carbocycles. The predicted octanol–water partition coefficient (Wildman–Crippen LogP) is 3.64. The van der Waals surface area contributed by atoms with Gasteiger partial charge in [0.15, 0.2) is 0 Å². The van der Waals surface area contributed by atoms with Crippen LogP contribution < -0.4 is 5.32 Å². The molecule has 0 radical (unpaired) electrons. The lowest BCUT2D eigenvalue weighted by Gasteiger charge is -2.27. The van der Waals surface area contributed by atoms with Crippen molar-refractivity contribution in [1.29, 1.82) is 0 Å². The Morgan fingerprint density at radius 1 is 1.32 bits per heavy atom. The molecule has 1 N–H and O–H groups in total. The van der Waals surface area contributed by atoms with Crippen molar-refractivity contribution in [2.24, 2.45) is 5.92 Å². The molecule has 0 aromatic heterocycles. The summed E-state index contributed by atoms with van der Waals surface area (Å²) in [5.74, 6) is 0.540. The summed E-state index contributed by atoms with van der Waals surface area (Å²) in [6.45, 7) is 9.85. The number of nitrogens with zero attached hydrogens (tertiary/aromatic N) is 1. The van der Waals surface area contributed by atoms with Crippen molar-refractivity contribution >= 4 is 23.2 Å². The first-order valence-electron chi connectivity index (χ1n) is 6.68. The molecule has 1 aromatic carbocycles. The summed E-state index contributed by atoms with van der Waals surface area (Å²) in [7, 11) is 0. The van der Waals surface area contributed by atoms with Crippen molar-refractivity contribution in [3.8, 4) is 0 Å². The van der Waals surface area contributed by atoms with E-state index < -0.39 is 0 Å². The van der Waals surface area contributed by atoms with E-state index in [1.807, 2.05) is 12.1 Å². The molecule has 0 atom stereocenters. The SMILES string of the molecule is CC(C)CN(CC(=O)Nc1cccc(Cl)c1)C(C)C. The number of halogens is 1. The molecular formula is C15H23ClN2O. The zero-order chi connectivity index (χ0) is 14.4. The molecule has 0 aliphatic heterocycles. The quantitative estimate of drug-likeness (QED) is 0.864. The van der Waals surface area contributed by atoms with Crippen molar-refractivity contribution in [3.63, 3.8) is 0 Å². The van der Waals surface area contributed by atoms with Gasteiger partial charge in [-0.15, -0.1) is 0 Å². The van der Waals surface area contributed by atoms with E-state index >= 15 is 0 Å². The Labute approximate surface area is 120 Å². The van der Waals surface area contributed by atoms with E-state index in [1.54, 1.807) is 12.1 Å². The molecule has 19 heavy (non-hydrogen) atoms. The van der Waals surface area contributed by atoms with Gasteiger partial charge < -0.3 is 5.32 Å². The number of rotatable bonds is 6. The largest absolute Gasteiger partial charge is 0.325 e. The molecule has 1 amide bonds. The molecule has 0 saturated heterocycles. The average Bonchev–Trinajstić information content (AvgIpc) is 2.27. The molecule has 0 heterocycles. The highest BCUT2D eigenvalue weighted by Crippen LogP contribution is 2.15. The van der Waals surface area contributed by atoms with Crippen LogP contribution in [0.15, 0.2) is 24.3 Å². The zero-order valence-corrected chi connectivity index (χ0v) is 12.9. The van der Waals surface area contributed by atoms with Gasteiger partial charge in [-0.05, 0) is 38.0 Å². The van der Waals surface area contributed by atoms with Crippen molar-refractivity contribution < 1.29 is 4.79 Å². The van der Waals surface area contributed by atoms with Gasteiger partial charge in [-0.25, -0.2) is 0 Å². The Morgan fingerprint density at radius 2 is 2.00 bits per heavy atom. The van der Waals surface area contributed by atoms with E-state index in [2.05, 4.69) is 37.9 Å². The van der Waals surface area contributed by atoms with E-state index in [1.165, 1.54) is 0 Å². The van der Waals surface area contributed by atoms with Crippen LogP contribution >= 0.6 is 11.6 Å². The van der Waals surface area contributed by atoms with Crippen molar-refractivity contribution in [2.45, 2.75) is 33.7 Å². The maximum atomic E-state index is 12.0. The summed E-state index contributed by atoms with van der Waals surface area (Å²) in [6, 6.07) is 7.56. The number of carbonyl (C=O) groups excluding carboxylic acids is 1. The second-order valence-electron chi connectivity index (χ2n) is 5.48. The van der Waals surface area contributed by atoms with Crippen LogP contribution in [0, 0.1) is 5.92 Å². The molecule has 0 unspecified atom stereocenters. The first kappa shape index (κ1) is 16.0. The monoisotopic (exact) mass is 282 g/mol. The number of hydrogen-bond acceptors (Lipinski definition) is 2. The first-order chi connectivity index (χ1) is 8.88. The molecule has 0 fully saturated rings. The van der Waals surface area contributed by atoms with E-state index in [9.17, 15) is 4.79 Å². The van der Waals surface area contributed by atoms with Crippen molar-refractivity contribution in [3.05, 3.63) is 29.3 Å². The molecule has 0 spiro atoms. The third-order valence-corrected chi connectivity index (χ3v) is 3.02. The van der Waals surface area contributed by atoms with Gasteiger partial charge in [0.25, 0.3) is 0 Å². The number of anilines is 1. The van der Waals surface area contributed by atoms with Gasteiger partial charge in [0.2, 0.25) is 5.91 Å². The minimum Gasteiger partial charge on any atom is -0.325 e. The Hall–Kier alpha value is -1.06. The average molecular weight is 283 g/mol. The minimum absolute atomic E-state index is 0.00313. The zero-order valence-electron chi connectivity index (χ0n) is 12.1. The van der Waals surface area contributed by atoms with E-state index in [-0.39, 0.29) is 5.91 Å². The van der Waals surface area contributed by atoms with Crippen LogP contribution in [0.1, 0.15) is 27.7 Å². The third-order valence-electron chi connectivity index (χ3n) is 2.79. The summed E-state index contributed by atoms with van der Waals surface area (Å²) in [5.41, 5.74) is 0.741. The molecule has 0 aliphatic rings. The summed E-state index contributed by atoms with van der Waals surface area (Å²) < 4.78 is 0. The fraction of sp³-hybridized carbons (Fsp3) is 0.533. The van der Waals surface area contributed by atoms with Gasteiger partial charge in [0.1, 0.15) is 0 Å². The second-order valence-corrected chi connectivity index (χ2v) is 5.91. The Kier molecular flexibility index (Phi) is 6.32. The molecule has 0 bridgehead atoms. The maximum Gasteiger partial charge on any atom is 0.238 e. The Morgan fingerprint density at radius 3 is 2.53 bits per heavy atom. The summed E-state index contributed by atoms with van der Waals surface area (Å²) in [6.07, 6.45) is 0. The molecule has 106 valence electrons. The predicted molar refractivity (Wildman–Crippen MR) is 81.6 cm³/mol. The van der Waals surface area contributed by atoms with E-state index in [0.29, 0.717) is 23.5 Å². The lowest BCUT2D eigenvalue weighted by atomic mass is 10.2. The molecule has 3 nitrogen and oxygen atoms in total. The van der Waals surface area contributed by atoms with Crippen LogP contribution in [0.25, 0.3) is 0 Å². The standard InChI is InChI=1S/C15H23ClN2O/c1-11(2)9-18(12(3)4)10-15(19)17-14-7-5-6-13(16)8-14/h5-8,11-12H,9-10H2,1-4H3,(H,17,19). The lowest BCUT2D eigenvalue weighted by molar-refractivity contribution is -0.117. The smallest absolute Gasteiger partial charge is 0.238 e. The van der Waals surface area contributed by atoms with Gasteiger partial charge >= 0.3 is 0 Å². The van der Waals surface area contributed by atoms with Crippen LogP contribution in [0.4, 0.5) is 5.69 Å². The number of nitrogens with one attached hydrogen (secondary N) is 1. The molecule has 1 aromatic rings. The highest BCUT2D eigenvalue weighted by molar-refractivity contribution is 6.30. The van der Waals surface area contributed by atoms with Crippen LogP contribution in [-0.4, -0.2) is 29.9 Å². The molecule has 0 saturated carbocycles. The number of amides is 1. The number of benzene rings is 1. The normalized spacial score (nSPS) is 11.4. The highest BCUT2D eigenvalue weighted by Gasteiger charge is 2.15. The van der Waals surface area contributed by atoms with Gasteiger partial charge in [-0.2, -0.15) is 0 Å². The fourth-order valence-corrected chi connectivity index (χ4v) is 2.07. The van der Waals surface area contributed by atoms with Crippen LogP contribution in [0.3, 0.4) is 0 Å². The van der Waals surface area contributed by atoms with Crippen LogP contribution in [0.5, 0.6) is 0 Å². The van der Waals surface area contributed by atoms with Crippen LogP contribution in [0.2, 0.25) is 5.02 Å². The van der Waals surface area contributed by atoms with Crippen LogP contribution in [-0.2, 0) is 4.79 Å². The Bertz CT molecular complexity index is 418. The van der Waals surface area contributed by atoms with Gasteiger partial charge in [0.05, 0.1) is 6.54 Å². The topological polar surface area (TPSA) is 32.3 Å². The van der Waals surface area contributed by atoms with Crippen molar-refractivity contribution in [1.82, 2.24) is 4.90 Å². The van der Waals surface area contributed by atoms with Gasteiger partial charge in [0, 0.05) is 23.3 Å². The summed E-state index contributed by atoms with van der Waals surface area (Å²) in [4.78, 5) is 14.2. The Balaban J connectivity index is 2.57. The maximum absolute atomic E-state index is 12.0.